The Hall–Kier alpha value is -3.33. The molecule has 0 spiro atoms. The van der Waals surface area contributed by atoms with E-state index in [4.69, 9.17) is 5.26 Å². The Morgan fingerprint density at radius 3 is 2.76 bits per heavy atom. The highest BCUT2D eigenvalue weighted by atomic mass is 16.1. The average Bonchev–Trinajstić information content (AvgIpc) is 3.21. The molecule has 0 fully saturated rings. The number of anilines is 1. The molecule has 2 heterocycles. The fourth-order valence-electron chi connectivity index (χ4n) is 3.20. The van der Waals surface area contributed by atoms with Crippen LogP contribution in [0.2, 0.25) is 0 Å². The average molecular weight is 331 g/mol. The smallest absolute Gasteiger partial charge is 0.251 e. The third kappa shape index (κ3) is 2.81. The summed E-state index contributed by atoms with van der Waals surface area (Å²) >= 11 is 0. The highest BCUT2D eigenvalue weighted by molar-refractivity contribution is 5.94. The van der Waals surface area contributed by atoms with Crippen molar-refractivity contribution in [1.82, 2.24) is 15.1 Å². The van der Waals surface area contributed by atoms with E-state index in [1.165, 1.54) is 0 Å². The van der Waals surface area contributed by atoms with Crippen LogP contribution in [0.4, 0.5) is 5.82 Å². The zero-order chi connectivity index (χ0) is 17.2. The number of nitrogens with one attached hydrogen (secondary N) is 1. The molecule has 25 heavy (non-hydrogen) atoms. The number of carbonyl (C=O) groups excluding carboxylic acids is 1. The van der Waals surface area contributed by atoms with Crippen molar-refractivity contribution in [2.24, 2.45) is 0 Å². The fraction of sp³-hybridized carbons (Fsp3) is 0.211. The molecule has 1 N–H and O–H groups in total. The topological polar surface area (TPSA) is 74.0 Å². The van der Waals surface area contributed by atoms with Crippen LogP contribution in [0, 0.1) is 11.3 Å². The quantitative estimate of drug-likeness (QED) is 0.795. The molecule has 6 nitrogen and oxygen atoms in total. The van der Waals surface area contributed by atoms with Crippen LogP contribution >= 0.6 is 0 Å². The monoisotopic (exact) mass is 331 g/mol. The number of nitriles is 1. The molecule has 124 valence electrons. The molecule has 0 atom stereocenters. The van der Waals surface area contributed by atoms with Gasteiger partial charge >= 0.3 is 0 Å². The summed E-state index contributed by atoms with van der Waals surface area (Å²) in [7, 11) is 0. The van der Waals surface area contributed by atoms with Gasteiger partial charge in [-0.15, -0.1) is 0 Å². The van der Waals surface area contributed by atoms with Crippen LogP contribution in [0.15, 0.2) is 48.5 Å². The van der Waals surface area contributed by atoms with Gasteiger partial charge in [0.25, 0.3) is 5.91 Å². The number of nitrogens with zero attached hydrogens (tertiary/aromatic N) is 4. The van der Waals surface area contributed by atoms with Gasteiger partial charge in [0.05, 0.1) is 23.7 Å². The number of benzene rings is 2. The van der Waals surface area contributed by atoms with Crippen LogP contribution in [-0.2, 0) is 6.54 Å². The van der Waals surface area contributed by atoms with E-state index in [9.17, 15) is 4.79 Å². The summed E-state index contributed by atoms with van der Waals surface area (Å²) in [5, 5.41) is 17.5. The number of hydrogen-bond acceptors (Lipinski definition) is 4. The van der Waals surface area contributed by atoms with E-state index in [0.717, 1.165) is 36.4 Å². The van der Waals surface area contributed by atoms with Gasteiger partial charge < -0.3 is 10.2 Å². The van der Waals surface area contributed by atoms with Crippen molar-refractivity contribution < 1.29 is 4.79 Å². The standard InChI is InChI=1S/C19H17N5O/c20-13-14-5-7-15(8-6-14)18(25)21-9-10-23-11-12-24-19(23)16-3-1-2-4-17(16)22-24/h1-8H,9-12H2,(H,21,25). The molecule has 0 saturated carbocycles. The lowest BCUT2D eigenvalue weighted by molar-refractivity contribution is 0.0954. The third-order valence-corrected chi connectivity index (χ3v) is 4.44. The lowest BCUT2D eigenvalue weighted by atomic mass is 10.1. The Morgan fingerprint density at radius 1 is 1.16 bits per heavy atom. The third-order valence-electron chi connectivity index (χ3n) is 4.44. The molecule has 6 heteroatoms. The van der Waals surface area contributed by atoms with E-state index < -0.39 is 0 Å². The van der Waals surface area contributed by atoms with Crippen LogP contribution < -0.4 is 10.2 Å². The Kier molecular flexibility index (Phi) is 3.82. The molecule has 1 amide bonds. The molecule has 0 unspecified atom stereocenters. The molecule has 1 aromatic heterocycles. The van der Waals surface area contributed by atoms with Gasteiger partial charge in [-0.3, -0.25) is 4.79 Å². The molecule has 3 aromatic rings. The minimum atomic E-state index is -0.123. The highest BCUT2D eigenvalue weighted by Gasteiger charge is 2.23. The van der Waals surface area contributed by atoms with E-state index in [2.05, 4.69) is 21.4 Å². The van der Waals surface area contributed by atoms with E-state index >= 15 is 0 Å². The molecule has 0 bridgehead atoms. The summed E-state index contributed by atoms with van der Waals surface area (Å²) in [4.78, 5) is 14.5. The zero-order valence-corrected chi connectivity index (χ0v) is 13.6. The maximum absolute atomic E-state index is 12.2. The Bertz CT molecular complexity index is 968. The van der Waals surface area contributed by atoms with Gasteiger partial charge in [-0.05, 0) is 36.4 Å². The van der Waals surface area contributed by atoms with Crippen LogP contribution in [0.5, 0.6) is 0 Å². The summed E-state index contributed by atoms with van der Waals surface area (Å²) in [5.74, 6) is 1.00. The molecular weight excluding hydrogens is 314 g/mol. The van der Waals surface area contributed by atoms with Crippen molar-refractivity contribution in [3.8, 4) is 6.07 Å². The summed E-state index contributed by atoms with van der Waals surface area (Å²) in [6, 6.07) is 16.8. The first-order valence-electron chi connectivity index (χ1n) is 8.25. The van der Waals surface area contributed by atoms with Crippen LogP contribution in [0.25, 0.3) is 10.9 Å². The van der Waals surface area contributed by atoms with E-state index in [-0.39, 0.29) is 5.91 Å². The first-order chi connectivity index (χ1) is 12.3. The van der Waals surface area contributed by atoms with Crippen molar-refractivity contribution in [3.63, 3.8) is 0 Å². The van der Waals surface area contributed by atoms with Crippen LogP contribution in [0.3, 0.4) is 0 Å². The van der Waals surface area contributed by atoms with E-state index in [0.29, 0.717) is 17.7 Å². The van der Waals surface area contributed by atoms with Gasteiger partial charge in [-0.2, -0.15) is 10.4 Å². The van der Waals surface area contributed by atoms with Gasteiger partial charge in [0, 0.05) is 30.6 Å². The molecule has 4 rings (SSSR count). The molecule has 2 aromatic carbocycles. The molecule has 0 radical (unpaired) electrons. The number of carbonyl (C=O) groups is 1. The molecule has 0 saturated heterocycles. The Balaban J connectivity index is 1.40. The fourth-order valence-corrected chi connectivity index (χ4v) is 3.20. The maximum Gasteiger partial charge on any atom is 0.251 e. The second-order valence-corrected chi connectivity index (χ2v) is 6.00. The Morgan fingerprint density at radius 2 is 1.96 bits per heavy atom. The minimum Gasteiger partial charge on any atom is -0.353 e. The lowest BCUT2D eigenvalue weighted by Crippen LogP contribution is -2.34. The van der Waals surface area contributed by atoms with E-state index in [1.807, 2.05) is 29.0 Å². The first kappa shape index (κ1) is 15.2. The van der Waals surface area contributed by atoms with Crippen molar-refractivity contribution in [3.05, 3.63) is 59.7 Å². The Labute approximate surface area is 145 Å². The summed E-state index contributed by atoms with van der Waals surface area (Å²) in [6.07, 6.45) is 0. The van der Waals surface area contributed by atoms with Crippen LogP contribution in [-0.4, -0.2) is 35.3 Å². The number of aromatic nitrogens is 2. The lowest BCUT2D eigenvalue weighted by Gasteiger charge is -2.18. The zero-order valence-electron chi connectivity index (χ0n) is 13.6. The first-order valence-corrected chi connectivity index (χ1v) is 8.25. The second-order valence-electron chi connectivity index (χ2n) is 6.00. The van der Waals surface area contributed by atoms with Gasteiger partial charge in [-0.1, -0.05) is 12.1 Å². The van der Waals surface area contributed by atoms with Gasteiger partial charge in [0.15, 0.2) is 0 Å². The van der Waals surface area contributed by atoms with Crippen molar-refractivity contribution in [2.45, 2.75) is 6.54 Å². The van der Waals surface area contributed by atoms with Gasteiger partial charge in [-0.25, -0.2) is 4.68 Å². The SMILES string of the molecule is N#Cc1ccc(C(=O)NCCN2CCn3nc4ccccc4c32)cc1. The van der Waals surface area contributed by atoms with Crippen molar-refractivity contribution in [2.75, 3.05) is 24.5 Å². The van der Waals surface area contributed by atoms with Gasteiger partial charge in [0.2, 0.25) is 0 Å². The van der Waals surface area contributed by atoms with Crippen LogP contribution in [0.1, 0.15) is 15.9 Å². The largest absolute Gasteiger partial charge is 0.353 e. The molecule has 0 aliphatic carbocycles. The number of hydrogen-bond donors (Lipinski definition) is 1. The minimum absolute atomic E-state index is 0.123. The molecule has 1 aliphatic heterocycles. The summed E-state index contributed by atoms with van der Waals surface area (Å²) in [6.45, 7) is 3.06. The number of rotatable bonds is 4. The summed E-state index contributed by atoms with van der Waals surface area (Å²) in [5.41, 5.74) is 2.12. The van der Waals surface area contributed by atoms with Crippen molar-refractivity contribution >= 4 is 22.6 Å². The van der Waals surface area contributed by atoms with Crippen molar-refractivity contribution in [1.29, 1.82) is 5.26 Å². The number of fused-ring (bicyclic) bond motifs is 3. The second kappa shape index (κ2) is 6.29. The predicted molar refractivity (Wildman–Crippen MR) is 95.4 cm³/mol. The highest BCUT2D eigenvalue weighted by Crippen LogP contribution is 2.30. The van der Waals surface area contributed by atoms with E-state index in [1.54, 1.807) is 24.3 Å². The summed E-state index contributed by atoms with van der Waals surface area (Å²) < 4.78 is 2.03. The molecular formula is C19H17N5O. The number of amides is 1. The van der Waals surface area contributed by atoms with Gasteiger partial charge in [0.1, 0.15) is 5.82 Å². The molecule has 1 aliphatic rings. The normalized spacial score (nSPS) is 12.8. The predicted octanol–water partition coefficient (Wildman–Crippen LogP) is 2.16. The maximum atomic E-state index is 12.2.